The number of hydrogen-bond donors (Lipinski definition) is 0. The molecule has 0 aromatic heterocycles. The lowest BCUT2D eigenvalue weighted by Crippen LogP contribution is -2.15. The monoisotopic (exact) mass is 473 g/mol. The highest BCUT2D eigenvalue weighted by Gasteiger charge is 2.17. The van der Waals surface area contributed by atoms with Crippen LogP contribution in [0.1, 0.15) is 13.8 Å². The lowest BCUT2D eigenvalue weighted by molar-refractivity contribution is 0.474. The second-order valence-electron chi connectivity index (χ2n) is 8.00. The van der Waals surface area contributed by atoms with E-state index in [1.165, 1.54) is 0 Å². The Kier molecular flexibility index (Phi) is 5.79. The molecule has 33 heavy (non-hydrogen) atoms. The number of aromatic nitrogens is 2. The molecule has 0 atom stereocenters. The molecule has 1 aliphatic heterocycles. The molecule has 5 rings (SSSR count). The Labute approximate surface area is 202 Å². The van der Waals surface area contributed by atoms with E-state index >= 15 is 0 Å². The Morgan fingerprint density at radius 3 is 2.21 bits per heavy atom. The zero-order valence-electron chi connectivity index (χ0n) is 18.2. The third-order valence-corrected chi connectivity index (χ3v) is 5.69. The molecular formula is C27H21Cl2N3O. The van der Waals surface area contributed by atoms with Gasteiger partial charge in [-0.25, -0.2) is 4.98 Å². The average Bonchev–Trinajstić information content (AvgIpc) is 2.80. The number of hydrogen-bond acceptors (Lipinski definition) is 3. The third kappa shape index (κ3) is 4.45. The molecule has 0 radical (unpaired) electrons. The average molecular weight is 474 g/mol. The van der Waals surface area contributed by atoms with E-state index in [-0.39, 0.29) is 6.04 Å². The highest BCUT2D eigenvalue weighted by Crippen LogP contribution is 2.32. The number of nitrogens with zero attached hydrogens (tertiary/aromatic N) is 3. The summed E-state index contributed by atoms with van der Waals surface area (Å²) < 4.78 is 8.41. The molecule has 0 saturated heterocycles. The molecule has 6 heteroatoms. The van der Waals surface area contributed by atoms with Crippen molar-refractivity contribution in [3.05, 3.63) is 100 Å². The fourth-order valence-corrected chi connectivity index (χ4v) is 4.03. The van der Waals surface area contributed by atoms with Gasteiger partial charge in [-0.3, -0.25) is 4.99 Å². The predicted octanol–water partition coefficient (Wildman–Crippen LogP) is 7.54. The van der Waals surface area contributed by atoms with E-state index in [9.17, 15) is 0 Å². The van der Waals surface area contributed by atoms with Crippen LogP contribution in [0.15, 0.2) is 89.9 Å². The van der Waals surface area contributed by atoms with E-state index in [1.807, 2.05) is 80.6 Å². The van der Waals surface area contributed by atoms with Crippen LogP contribution in [0.2, 0.25) is 10.0 Å². The van der Waals surface area contributed by atoms with Crippen LogP contribution in [0.5, 0.6) is 11.5 Å². The molecule has 0 fully saturated rings. The maximum absolute atomic E-state index is 6.23. The van der Waals surface area contributed by atoms with Crippen LogP contribution in [0.4, 0.5) is 0 Å². The van der Waals surface area contributed by atoms with Crippen molar-refractivity contribution in [1.29, 1.82) is 0 Å². The van der Waals surface area contributed by atoms with Gasteiger partial charge in [0.05, 0.1) is 22.4 Å². The lowest BCUT2D eigenvalue weighted by atomic mass is 10.1. The molecule has 3 aromatic carbocycles. The van der Waals surface area contributed by atoms with Gasteiger partial charge in [-0.1, -0.05) is 35.3 Å². The van der Waals surface area contributed by atoms with E-state index in [2.05, 4.69) is 10.6 Å². The molecule has 2 aliphatic rings. The molecule has 0 bridgehead atoms. The van der Waals surface area contributed by atoms with Gasteiger partial charge in [0, 0.05) is 27.8 Å². The summed E-state index contributed by atoms with van der Waals surface area (Å²) >= 11 is 12.2. The molecule has 0 unspecified atom stereocenters. The zero-order chi connectivity index (χ0) is 22.9. The van der Waals surface area contributed by atoms with Gasteiger partial charge in [0.2, 0.25) is 0 Å². The number of ether oxygens (including phenoxy) is 1. The summed E-state index contributed by atoms with van der Waals surface area (Å²) in [7, 11) is 0. The first-order valence-corrected chi connectivity index (χ1v) is 11.4. The molecule has 0 N–H and O–H groups in total. The Balaban J connectivity index is 1.80. The van der Waals surface area contributed by atoms with Crippen molar-refractivity contribution in [2.24, 2.45) is 4.99 Å². The van der Waals surface area contributed by atoms with E-state index in [1.54, 1.807) is 12.1 Å². The molecular weight excluding hydrogens is 453 g/mol. The number of benzene rings is 4. The number of para-hydroxylation sites is 2. The second kappa shape index (κ2) is 8.89. The topological polar surface area (TPSA) is 39.4 Å². The van der Waals surface area contributed by atoms with Crippen molar-refractivity contribution < 1.29 is 4.74 Å². The van der Waals surface area contributed by atoms with Crippen LogP contribution in [-0.4, -0.2) is 15.6 Å². The fraction of sp³-hybridized carbons (Fsp3) is 0.111. The Morgan fingerprint density at radius 1 is 0.848 bits per heavy atom. The highest BCUT2D eigenvalue weighted by atomic mass is 35.5. The van der Waals surface area contributed by atoms with E-state index in [0.29, 0.717) is 21.5 Å². The maximum Gasteiger partial charge on any atom is 0.154 e. The molecule has 0 amide bonds. The fourth-order valence-electron chi connectivity index (χ4n) is 3.78. The summed E-state index contributed by atoms with van der Waals surface area (Å²) in [5.74, 6) is 1.33. The Morgan fingerprint density at radius 2 is 1.52 bits per heavy atom. The normalized spacial score (nSPS) is 12.1. The second-order valence-corrected chi connectivity index (χ2v) is 8.87. The zero-order valence-corrected chi connectivity index (χ0v) is 19.7. The largest absolute Gasteiger partial charge is 0.455 e. The van der Waals surface area contributed by atoms with Gasteiger partial charge in [0.25, 0.3) is 0 Å². The molecule has 0 spiro atoms. The first-order chi connectivity index (χ1) is 16.0. The van der Waals surface area contributed by atoms with Crippen molar-refractivity contribution >= 4 is 34.2 Å². The van der Waals surface area contributed by atoms with Gasteiger partial charge in [-0.2, -0.15) is 0 Å². The van der Waals surface area contributed by atoms with Crippen LogP contribution in [0.25, 0.3) is 28.1 Å². The van der Waals surface area contributed by atoms with Crippen molar-refractivity contribution in [2.45, 2.75) is 19.9 Å². The highest BCUT2D eigenvalue weighted by molar-refractivity contribution is 6.30. The van der Waals surface area contributed by atoms with Crippen LogP contribution in [0, 0.1) is 0 Å². The van der Waals surface area contributed by atoms with Gasteiger partial charge in [-0.15, -0.1) is 0 Å². The third-order valence-electron chi connectivity index (χ3n) is 5.18. The van der Waals surface area contributed by atoms with Gasteiger partial charge < -0.3 is 9.30 Å². The minimum atomic E-state index is 0.0902. The standard InChI is InChI=1S/C27H21Cl2N3O/c1-17(2)30-24-15-26-23(16-27(24)33-21-13-9-19(29)10-14-21)31-22-5-3-4-6-25(22)32(26)20-11-7-18(28)8-12-20/h3-17H,1-2H3. The summed E-state index contributed by atoms with van der Waals surface area (Å²) in [5.41, 5.74) is 4.60. The number of fused-ring (bicyclic) bond motifs is 2. The van der Waals surface area contributed by atoms with Gasteiger partial charge in [0.1, 0.15) is 11.1 Å². The van der Waals surface area contributed by atoms with Crippen LogP contribution >= 0.6 is 23.2 Å². The molecule has 1 aliphatic carbocycles. The molecule has 164 valence electrons. The molecule has 3 aromatic rings. The van der Waals surface area contributed by atoms with Gasteiger partial charge in [-0.05, 0) is 80.6 Å². The van der Waals surface area contributed by atoms with E-state index in [4.69, 9.17) is 37.9 Å². The number of rotatable bonds is 4. The van der Waals surface area contributed by atoms with Crippen molar-refractivity contribution in [3.8, 4) is 28.6 Å². The number of halogens is 2. The smallest absolute Gasteiger partial charge is 0.154 e. The minimum absolute atomic E-state index is 0.0902. The van der Waals surface area contributed by atoms with Crippen LogP contribution in [0.3, 0.4) is 0 Å². The molecule has 0 saturated carbocycles. The summed E-state index contributed by atoms with van der Waals surface area (Å²) in [4.78, 5) is 9.77. The van der Waals surface area contributed by atoms with Crippen molar-refractivity contribution in [2.75, 3.05) is 0 Å². The van der Waals surface area contributed by atoms with Crippen molar-refractivity contribution in [3.63, 3.8) is 0 Å². The predicted molar refractivity (Wildman–Crippen MR) is 135 cm³/mol. The van der Waals surface area contributed by atoms with E-state index < -0.39 is 0 Å². The Hall–Kier alpha value is -3.34. The molecule has 1 heterocycles. The maximum atomic E-state index is 6.23. The Bertz CT molecular complexity index is 1470. The van der Waals surface area contributed by atoms with Crippen molar-refractivity contribution in [1.82, 2.24) is 9.55 Å². The lowest BCUT2D eigenvalue weighted by Gasteiger charge is -2.20. The summed E-state index contributed by atoms with van der Waals surface area (Å²) in [6.07, 6.45) is 0. The van der Waals surface area contributed by atoms with Crippen LogP contribution in [-0.2, 0) is 0 Å². The van der Waals surface area contributed by atoms with Gasteiger partial charge >= 0.3 is 0 Å². The minimum Gasteiger partial charge on any atom is -0.455 e. The van der Waals surface area contributed by atoms with Crippen LogP contribution < -0.4 is 10.1 Å². The first-order valence-electron chi connectivity index (χ1n) is 10.7. The molecule has 4 nitrogen and oxygen atoms in total. The summed E-state index contributed by atoms with van der Waals surface area (Å²) in [5, 5.41) is 2.11. The summed E-state index contributed by atoms with van der Waals surface area (Å²) in [6, 6.07) is 27.2. The quantitative estimate of drug-likeness (QED) is 0.253. The first kappa shape index (κ1) is 21.5. The van der Waals surface area contributed by atoms with Gasteiger partial charge in [0.15, 0.2) is 5.75 Å². The summed E-state index contributed by atoms with van der Waals surface area (Å²) in [6.45, 7) is 4.09. The SMILES string of the molecule is CC(C)N=c1cc2n(-c3ccc(Cl)cc3)c3ccccc3nc-2cc1Oc1ccc(Cl)cc1. The van der Waals surface area contributed by atoms with E-state index in [0.717, 1.165) is 33.5 Å².